The summed E-state index contributed by atoms with van der Waals surface area (Å²) in [6.07, 6.45) is 5.41. The second-order valence-electron chi connectivity index (χ2n) is 6.01. The number of nitrogens with zero attached hydrogens (tertiary/aromatic N) is 3. The topological polar surface area (TPSA) is 53.1 Å². The summed E-state index contributed by atoms with van der Waals surface area (Å²) in [5.41, 5.74) is 7.70. The van der Waals surface area contributed by atoms with Gasteiger partial charge in [0.25, 0.3) is 0 Å². The molecule has 2 aromatic rings. The maximum atomic E-state index is 4.54. The number of rotatable bonds is 2. The van der Waals surface area contributed by atoms with Gasteiger partial charge >= 0.3 is 0 Å². The van der Waals surface area contributed by atoms with Crippen LogP contribution in [0.4, 0.5) is 5.82 Å². The monoisotopic (exact) mass is 283 g/mol. The summed E-state index contributed by atoms with van der Waals surface area (Å²) in [4.78, 5) is 11.3. The Labute approximate surface area is 124 Å². The SMILES string of the molecule is c1ccc2c(N3CCC(C4CCNN4)CC3)ncnc2c1. The van der Waals surface area contributed by atoms with E-state index in [-0.39, 0.29) is 0 Å². The number of para-hydroxylation sites is 1. The fraction of sp³-hybridized carbons (Fsp3) is 0.500. The summed E-state index contributed by atoms with van der Waals surface area (Å²) >= 11 is 0. The van der Waals surface area contributed by atoms with Crippen LogP contribution in [-0.2, 0) is 0 Å². The van der Waals surface area contributed by atoms with Gasteiger partial charge in [-0.25, -0.2) is 9.97 Å². The van der Waals surface area contributed by atoms with Crippen molar-refractivity contribution in [2.24, 2.45) is 5.92 Å². The Kier molecular flexibility index (Phi) is 3.45. The van der Waals surface area contributed by atoms with Crippen LogP contribution in [0.25, 0.3) is 10.9 Å². The molecule has 2 aliphatic rings. The highest BCUT2D eigenvalue weighted by Gasteiger charge is 2.29. The number of nitrogens with one attached hydrogen (secondary N) is 2. The van der Waals surface area contributed by atoms with Gasteiger partial charge < -0.3 is 4.90 Å². The van der Waals surface area contributed by atoms with Crippen LogP contribution in [0.1, 0.15) is 19.3 Å². The average molecular weight is 283 g/mol. The second-order valence-corrected chi connectivity index (χ2v) is 6.01. The highest BCUT2D eigenvalue weighted by atomic mass is 15.4. The molecule has 5 heteroatoms. The zero-order valence-corrected chi connectivity index (χ0v) is 12.1. The van der Waals surface area contributed by atoms with Gasteiger partial charge in [0, 0.05) is 31.1 Å². The van der Waals surface area contributed by atoms with E-state index in [4.69, 9.17) is 0 Å². The standard InChI is InChI=1S/C16H21N5/c1-2-4-15-13(3-1)16(18-11-17-15)21-9-6-12(7-10-21)14-5-8-19-20-14/h1-4,11-12,14,19-20H,5-10H2. The van der Waals surface area contributed by atoms with Gasteiger partial charge in [0.15, 0.2) is 0 Å². The van der Waals surface area contributed by atoms with Crippen molar-refractivity contribution in [3.05, 3.63) is 30.6 Å². The molecule has 21 heavy (non-hydrogen) atoms. The van der Waals surface area contributed by atoms with E-state index in [0.29, 0.717) is 6.04 Å². The maximum Gasteiger partial charge on any atom is 0.139 e. The van der Waals surface area contributed by atoms with Crippen molar-refractivity contribution < 1.29 is 0 Å². The Bertz CT molecular complexity index is 610. The molecule has 2 N–H and O–H groups in total. The molecule has 1 aromatic heterocycles. The van der Waals surface area contributed by atoms with Gasteiger partial charge in [-0.05, 0) is 37.3 Å². The van der Waals surface area contributed by atoms with Gasteiger partial charge in [-0.1, -0.05) is 12.1 Å². The van der Waals surface area contributed by atoms with Crippen molar-refractivity contribution in [1.82, 2.24) is 20.8 Å². The van der Waals surface area contributed by atoms with E-state index in [1.54, 1.807) is 6.33 Å². The molecule has 4 rings (SSSR count). The molecule has 0 radical (unpaired) electrons. The van der Waals surface area contributed by atoms with Gasteiger partial charge in [-0.15, -0.1) is 0 Å². The molecule has 2 saturated heterocycles. The zero-order valence-electron chi connectivity index (χ0n) is 12.1. The van der Waals surface area contributed by atoms with E-state index >= 15 is 0 Å². The minimum absolute atomic E-state index is 0.647. The molecule has 2 aliphatic heterocycles. The largest absolute Gasteiger partial charge is 0.356 e. The summed E-state index contributed by atoms with van der Waals surface area (Å²) in [6.45, 7) is 3.27. The molecule has 1 unspecified atom stereocenters. The number of hydrogen-bond acceptors (Lipinski definition) is 5. The number of piperidine rings is 1. The van der Waals surface area contributed by atoms with Crippen LogP contribution >= 0.6 is 0 Å². The minimum atomic E-state index is 0.647. The van der Waals surface area contributed by atoms with Gasteiger partial charge in [0.2, 0.25) is 0 Å². The maximum absolute atomic E-state index is 4.54. The van der Waals surface area contributed by atoms with Crippen LogP contribution in [0.3, 0.4) is 0 Å². The van der Waals surface area contributed by atoms with Gasteiger partial charge in [0.05, 0.1) is 5.52 Å². The number of hydrogen-bond donors (Lipinski definition) is 2. The van der Waals surface area contributed by atoms with E-state index in [9.17, 15) is 0 Å². The first-order valence-corrected chi connectivity index (χ1v) is 7.85. The number of anilines is 1. The summed E-state index contributed by atoms with van der Waals surface area (Å²) in [5, 5.41) is 1.17. The smallest absolute Gasteiger partial charge is 0.139 e. The van der Waals surface area contributed by atoms with Gasteiger partial charge in [0.1, 0.15) is 12.1 Å². The zero-order chi connectivity index (χ0) is 14.1. The minimum Gasteiger partial charge on any atom is -0.356 e. The van der Waals surface area contributed by atoms with Crippen LogP contribution in [0.5, 0.6) is 0 Å². The Morgan fingerprint density at radius 2 is 1.90 bits per heavy atom. The number of aromatic nitrogens is 2. The lowest BCUT2D eigenvalue weighted by Crippen LogP contribution is -2.43. The lowest BCUT2D eigenvalue weighted by atomic mass is 9.88. The van der Waals surface area contributed by atoms with Crippen molar-refractivity contribution in [3.8, 4) is 0 Å². The van der Waals surface area contributed by atoms with Crippen molar-refractivity contribution >= 4 is 16.7 Å². The summed E-state index contributed by atoms with van der Waals surface area (Å²) in [6, 6.07) is 8.93. The molecule has 1 aromatic carbocycles. The normalized spacial score (nSPS) is 23.8. The number of hydrazine groups is 1. The highest BCUT2D eigenvalue weighted by molar-refractivity contribution is 5.89. The van der Waals surface area contributed by atoms with E-state index in [2.05, 4.69) is 43.9 Å². The lowest BCUT2D eigenvalue weighted by Gasteiger charge is -2.35. The third kappa shape index (κ3) is 2.47. The van der Waals surface area contributed by atoms with Gasteiger partial charge in [-0.3, -0.25) is 10.9 Å². The molecule has 0 amide bonds. The van der Waals surface area contributed by atoms with Crippen molar-refractivity contribution in [2.45, 2.75) is 25.3 Å². The fourth-order valence-electron chi connectivity index (χ4n) is 3.61. The Morgan fingerprint density at radius 1 is 1.05 bits per heavy atom. The van der Waals surface area contributed by atoms with E-state index in [0.717, 1.165) is 36.9 Å². The summed E-state index contributed by atoms with van der Waals surface area (Å²) < 4.78 is 0. The second kappa shape index (κ2) is 5.58. The summed E-state index contributed by atoms with van der Waals surface area (Å²) in [5.74, 6) is 1.88. The number of benzene rings is 1. The molecular weight excluding hydrogens is 262 g/mol. The molecule has 1 atom stereocenters. The van der Waals surface area contributed by atoms with E-state index in [1.807, 2.05) is 6.07 Å². The number of fused-ring (bicyclic) bond motifs is 1. The summed E-state index contributed by atoms with van der Waals surface area (Å²) in [7, 11) is 0. The average Bonchev–Trinajstić information content (AvgIpc) is 3.09. The molecule has 0 aliphatic carbocycles. The first-order valence-electron chi connectivity index (χ1n) is 7.85. The Balaban J connectivity index is 1.52. The van der Waals surface area contributed by atoms with E-state index < -0.39 is 0 Å². The van der Waals surface area contributed by atoms with Crippen LogP contribution in [0.15, 0.2) is 30.6 Å². The quantitative estimate of drug-likeness (QED) is 0.879. The van der Waals surface area contributed by atoms with E-state index in [1.165, 1.54) is 24.6 Å². The van der Waals surface area contributed by atoms with Crippen LogP contribution in [0.2, 0.25) is 0 Å². The third-order valence-corrected chi connectivity index (χ3v) is 4.80. The van der Waals surface area contributed by atoms with Crippen molar-refractivity contribution in [2.75, 3.05) is 24.5 Å². The molecule has 0 saturated carbocycles. The first-order chi connectivity index (χ1) is 10.4. The van der Waals surface area contributed by atoms with Crippen LogP contribution in [-0.4, -0.2) is 35.6 Å². The fourth-order valence-corrected chi connectivity index (χ4v) is 3.61. The van der Waals surface area contributed by atoms with Crippen LogP contribution in [0, 0.1) is 5.92 Å². The van der Waals surface area contributed by atoms with Gasteiger partial charge in [-0.2, -0.15) is 0 Å². The molecule has 5 nitrogen and oxygen atoms in total. The molecule has 0 spiro atoms. The predicted octanol–water partition coefficient (Wildman–Crippen LogP) is 1.71. The molecule has 2 fully saturated rings. The predicted molar refractivity (Wildman–Crippen MR) is 84.0 cm³/mol. The third-order valence-electron chi connectivity index (χ3n) is 4.80. The molecule has 3 heterocycles. The Hall–Kier alpha value is -1.72. The highest BCUT2D eigenvalue weighted by Crippen LogP contribution is 2.29. The van der Waals surface area contributed by atoms with Crippen molar-refractivity contribution in [1.29, 1.82) is 0 Å². The molecule has 0 bridgehead atoms. The van der Waals surface area contributed by atoms with Crippen LogP contribution < -0.4 is 15.8 Å². The Morgan fingerprint density at radius 3 is 2.71 bits per heavy atom. The molecular formula is C16H21N5. The first kappa shape index (κ1) is 13.0. The lowest BCUT2D eigenvalue weighted by molar-refractivity contribution is 0.310. The molecule has 110 valence electrons. The van der Waals surface area contributed by atoms with Crippen molar-refractivity contribution in [3.63, 3.8) is 0 Å².